The summed E-state index contributed by atoms with van der Waals surface area (Å²) in [5, 5.41) is 15.6. The molecule has 1 saturated heterocycles. The van der Waals surface area contributed by atoms with E-state index in [1.807, 2.05) is 25.3 Å². The van der Waals surface area contributed by atoms with Crippen molar-refractivity contribution < 1.29 is 14.5 Å². The third-order valence-corrected chi connectivity index (χ3v) is 6.14. The Hall–Kier alpha value is -2.90. The quantitative estimate of drug-likeness (QED) is 0.401. The topological polar surface area (TPSA) is 97.3 Å². The molecule has 0 saturated carbocycles. The van der Waals surface area contributed by atoms with E-state index >= 15 is 0 Å². The highest BCUT2D eigenvalue weighted by molar-refractivity contribution is 6.31. The first-order chi connectivity index (χ1) is 14.8. The summed E-state index contributed by atoms with van der Waals surface area (Å²) in [5.41, 5.74) is 2.35. The zero-order chi connectivity index (χ0) is 22.0. The molecular formula is C23H24ClN3O4. The number of benzene rings is 2. The van der Waals surface area contributed by atoms with E-state index in [-0.39, 0.29) is 29.5 Å². The van der Waals surface area contributed by atoms with Crippen LogP contribution >= 0.6 is 11.6 Å². The smallest absolute Gasteiger partial charge is 0.269 e. The summed E-state index contributed by atoms with van der Waals surface area (Å²) in [5.74, 6) is -0.387. The number of H-pyrrole nitrogens is 1. The van der Waals surface area contributed by atoms with Gasteiger partial charge in [0.2, 0.25) is 5.91 Å². The summed E-state index contributed by atoms with van der Waals surface area (Å²) in [4.78, 5) is 26.7. The molecule has 2 heterocycles. The summed E-state index contributed by atoms with van der Waals surface area (Å²) >= 11 is 6.22. The number of aromatic amines is 1. The van der Waals surface area contributed by atoms with E-state index in [1.54, 1.807) is 18.2 Å². The van der Waals surface area contributed by atoms with Gasteiger partial charge in [-0.3, -0.25) is 14.9 Å². The molecule has 31 heavy (non-hydrogen) atoms. The van der Waals surface area contributed by atoms with Gasteiger partial charge in [0.25, 0.3) is 5.69 Å². The Balaban J connectivity index is 1.62. The average molecular weight is 442 g/mol. The molecule has 3 aromatic rings. The monoisotopic (exact) mass is 441 g/mol. The van der Waals surface area contributed by atoms with Crippen LogP contribution in [0.15, 0.2) is 48.7 Å². The molecule has 1 fully saturated rings. The molecule has 0 radical (unpaired) electrons. The highest BCUT2D eigenvalue weighted by atomic mass is 35.5. The molecule has 0 unspecified atom stereocenters. The highest BCUT2D eigenvalue weighted by Crippen LogP contribution is 2.35. The minimum Gasteiger partial charge on any atom is -0.373 e. The van der Waals surface area contributed by atoms with Crippen LogP contribution in [-0.2, 0) is 9.53 Å². The van der Waals surface area contributed by atoms with Crippen molar-refractivity contribution in [3.05, 3.63) is 74.9 Å². The van der Waals surface area contributed by atoms with E-state index in [0.29, 0.717) is 18.2 Å². The Morgan fingerprint density at radius 3 is 2.77 bits per heavy atom. The largest absolute Gasteiger partial charge is 0.373 e. The Kier molecular flexibility index (Phi) is 5.98. The number of non-ortho nitro benzene ring substituents is 1. The number of ether oxygens (including phenoxy) is 1. The zero-order valence-corrected chi connectivity index (χ0v) is 17.9. The molecule has 1 aliphatic heterocycles. The maximum atomic E-state index is 12.9. The maximum absolute atomic E-state index is 12.9. The first kappa shape index (κ1) is 21.3. The number of aromatic nitrogens is 1. The van der Waals surface area contributed by atoms with Crippen molar-refractivity contribution in [3.8, 4) is 0 Å². The van der Waals surface area contributed by atoms with Crippen LogP contribution in [-0.4, -0.2) is 34.6 Å². The van der Waals surface area contributed by atoms with Crippen LogP contribution in [0, 0.1) is 10.1 Å². The van der Waals surface area contributed by atoms with Gasteiger partial charge < -0.3 is 15.0 Å². The van der Waals surface area contributed by atoms with Gasteiger partial charge in [0.1, 0.15) is 0 Å². The SMILES string of the molecule is C[C@]1(CNC(=O)C[C@H](c2ccc([N+](=O)[O-])cc2)c2c[nH]c3ccc(Cl)cc23)CCCO1. The number of carbonyl (C=O) groups excluding carboxylic acids is 1. The van der Waals surface area contributed by atoms with Crippen molar-refractivity contribution in [2.24, 2.45) is 0 Å². The molecule has 2 N–H and O–H groups in total. The summed E-state index contributed by atoms with van der Waals surface area (Å²) in [6, 6.07) is 11.9. The van der Waals surface area contributed by atoms with Crippen molar-refractivity contribution in [1.29, 1.82) is 0 Å². The van der Waals surface area contributed by atoms with Gasteiger partial charge in [-0.2, -0.15) is 0 Å². The van der Waals surface area contributed by atoms with Crippen molar-refractivity contribution >= 4 is 34.1 Å². The number of fused-ring (bicyclic) bond motifs is 1. The molecule has 1 aromatic heterocycles. The molecule has 1 aliphatic rings. The molecule has 7 nitrogen and oxygen atoms in total. The fraction of sp³-hybridized carbons (Fsp3) is 0.348. The fourth-order valence-corrected chi connectivity index (χ4v) is 4.33. The molecule has 0 spiro atoms. The lowest BCUT2D eigenvalue weighted by atomic mass is 9.87. The van der Waals surface area contributed by atoms with Gasteiger partial charge in [0.05, 0.1) is 10.5 Å². The number of nitro groups is 1. The third kappa shape index (κ3) is 4.73. The minimum atomic E-state index is -0.431. The van der Waals surface area contributed by atoms with Crippen molar-refractivity contribution in [3.63, 3.8) is 0 Å². The van der Waals surface area contributed by atoms with Crippen LogP contribution in [0.25, 0.3) is 10.9 Å². The Morgan fingerprint density at radius 2 is 2.10 bits per heavy atom. The van der Waals surface area contributed by atoms with E-state index in [9.17, 15) is 14.9 Å². The second-order valence-corrected chi connectivity index (χ2v) is 8.65. The van der Waals surface area contributed by atoms with Crippen LogP contribution in [0.5, 0.6) is 0 Å². The molecule has 0 bridgehead atoms. The van der Waals surface area contributed by atoms with E-state index < -0.39 is 4.92 Å². The third-order valence-electron chi connectivity index (χ3n) is 5.91. The minimum absolute atomic E-state index is 0.0141. The molecule has 162 valence electrons. The Bertz CT molecular complexity index is 1100. The fourth-order valence-electron chi connectivity index (χ4n) is 4.16. The van der Waals surface area contributed by atoms with Gasteiger partial charge in [0.15, 0.2) is 0 Å². The number of hydrogen-bond acceptors (Lipinski definition) is 4. The van der Waals surface area contributed by atoms with Crippen molar-refractivity contribution in [2.45, 2.75) is 37.7 Å². The lowest BCUT2D eigenvalue weighted by Gasteiger charge is -2.24. The van der Waals surface area contributed by atoms with E-state index in [4.69, 9.17) is 16.3 Å². The van der Waals surface area contributed by atoms with Gasteiger partial charge in [-0.15, -0.1) is 0 Å². The Morgan fingerprint density at radius 1 is 1.32 bits per heavy atom. The summed E-state index contributed by atoms with van der Waals surface area (Å²) in [7, 11) is 0. The van der Waals surface area contributed by atoms with Crippen LogP contribution in [0.2, 0.25) is 5.02 Å². The number of hydrogen-bond donors (Lipinski definition) is 2. The number of halogens is 1. The molecule has 1 amide bonds. The average Bonchev–Trinajstić information content (AvgIpc) is 3.37. The second kappa shape index (κ2) is 8.69. The summed E-state index contributed by atoms with van der Waals surface area (Å²) in [6.45, 7) is 3.18. The second-order valence-electron chi connectivity index (χ2n) is 8.22. The predicted octanol–water partition coefficient (Wildman–Crippen LogP) is 4.94. The first-order valence-electron chi connectivity index (χ1n) is 10.3. The molecular weight excluding hydrogens is 418 g/mol. The van der Waals surface area contributed by atoms with Gasteiger partial charge in [0, 0.05) is 59.7 Å². The maximum Gasteiger partial charge on any atom is 0.269 e. The van der Waals surface area contributed by atoms with Crippen LogP contribution in [0.3, 0.4) is 0 Å². The molecule has 8 heteroatoms. The number of nitrogens with zero attached hydrogens (tertiary/aromatic N) is 1. The van der Waals surface area contributed by atoms with Gasteiger partial charge in [-0.1, -0.05) is 23.7 Å². The zero-order valence-electron chi connectivity index (χ0n) is 17.2. The molecule has 0 aliphatic carbocycles. The van der Waals surface area contributed by atoms with Crippen LogP contribution in [0.1, 0.15) is 43.2 Å². The number of nitrogens with one attached hydrogen (secondary N) is 2. The lowest BCUT2D eigenvalue weighted by molar-refractivity contribution is -0.384. The molecule has 4 rings (SSSR count). The number of amides is 1. The number of carbonyl (C=O) groups is 1. The Labute approximate surface area is 184 Å². The standard InChI is InChI=1S/C23H24ClN3O4/c1-23(9-2-10-31-23)14-26-22(28)12-18(15-3-6-17(7-4-15)27(29)30)20-13-25-21-8-5-16(24)11-19(20)21/h3-8,11,13,18,25H,2,9-10,12,14H2,1H3,(H,26,28)/t18-,23-/m1/s1. The molecule has 2 aromatic carbocycles. The van der Waals surface area contributed by atoms with Gasteiger partial charge in [-0.05, 0) is 49.1 Å². The van der Waals surface area contributed by atoms with Crippen LogP contribution in [0.4, 0.5) is 5.69 Å². The summed E-state index contributed by atoms with van der Waals surface area (Å²) in [6.07, 6.45) is 3.99. The molecule has 2 atom stereocenters. The first-order valence-corrected chi connectivity index (χ1v) is 10.6. The highest BCUT2D eigenvalue weighted by Gasteiger charge is 2.30. The van der Waals surface area contributed by atoms with E-state index in [0.717, 1.165) is 34.9 Å². The van der Waals surface area contributed by atoms with Crippen LogP contribution < -0.4 is 5.32 Å². The summed E-state index contributed by atoms with van der Waals surface area (Å²) < 4.78 is 5.76. The van der Waals surface area contributed by atoms with Gasteiger partial charge in [-0.25, -0.2) is 0 Å². The van der Waals surface area contributed by atoms with Crippen molar-refractivity contribution in [1.82, 2.24) is 10.3 Å². The normalized spacial score (nSPS) is 19.4. The van der Waals surface area contributed by atoms with Gasteiger partial charge >= 0.3 is 0 Å². The number of nitro benzene ring substituents is 1. The van der Waals surface area contributed by atoms with Crippen molar-refractivity contribution in [2.75, 3.05) is 13.2 Å². The van der Waals surface area contributed by atoms with E-state index in [1.165, 1.54) is 12.1 Å². The predicted molar refractivity (Wildman–Crippen MR) is 119 cm³/mol. The lowest BCUT2D eigenvalue weighted by Crippen LogP contribution is -2.40. The van der Waals surface area contributed by atoms with E-state index in [2.05, 4.69) is 10.3 Å². The number of rotatable bonds is 7.